The number of amides is 2. The molecule has 0 spiro atoms. The van der Waals surface area contributed by atoms with E-state index in [1.54, 1.807) is 38.4 Å². The van der Waals surface area contributed by atoms with Crippen molar-refractivity contribution in [1.29, 1.82) is 0 Å². The zero-order chi connectivity index (χ0) is 21.7. The van der Waals surface area contributed by atoms with Crippen LogP contribution in [0.2, 0.25) is 0 Å². The van der Waals surface area contributed by atoms with Gasteiger partial charge < -0.3 is 29.2 Å². The largest absolute Gasteiger partial charge is 0.493 e. The maximum absolute atomic E-state index is 12.3. The third-order valence-electron chi connectivity index (χ3n) is 4.22. The van der Waals surface area contributed by atoms with Gasteiger partial charge in [0.15, 0.2) is 18.1 Å². The maximum Gasteiger partial charge on any atom is 0.338 e. The van der Waals surface area contributed by atoms with Crippen LogP contribution in [0.4, 0.5) is 5.69 Å². The average Bonchev–Trinajstić information content (AvgIpc) is 2.76. The molecule has 0 aliphatic carbocycles. The summed E-state index contributed by atoms with van der Waals surface area (Å²) in [6.45, 7) is 0.265. The Labute approximate surface area is 173 Å². The SMILES string of the molecule is COc1cc(C(=O)OCC(=O)Nc2ccc(C(=O)N(C)C)cc2)cc2c1OCCO2. The Balaban J connectivity index is 1.58. The Morgan fingerprint density at radius 1 is 1.03 bits per heavy atom. The van der Waals surface area contributed by atoms with Crippen LogP contribution in [0.15, 0.2) is 36.4 Å². The second-order valence-corrected chi connectivity index (χ2v) is 6.60. The van der Waals surface area contributed by atoms with Gasteiger partial charge in [0, 0.05) is 25.3 Å². The van der Waals surface area contributed by atoms with Gasteiger partial charge in [-0.05, 0) is 36.4 Å². The summed E-state index contributed by atoms with van der Waals surface area (Å²) in [6.07, 6.45) is 0. The molecule has 158 valence electrons. The fourth-order valence-corrected chi connectivity index (χ4v) is 2.76. The van der Waals surface area contributed by atoms with Gasteiger partial charge in [-0.1, -0.05) is 0 Å². The number of anilines is 1. The molecule has 9 heteroatoms. The summed E-state index contributed by atoms with van der Waals surface area (Å²) in [5, 5.41) is 2.61. The van der Waals surface area contributed by atoms with Gasteiger partial charge in [-0.2, -0.15) is 0 Å². The van der Waals surface area contributed by atoms with E-state index in [2.05, 4.69) is 5.32 Å². The molecule has 0 aromatic heterocycles. The van der Waals surface area contributed by atoms with E-state index in [9.17, 15) is 14.4 Å². The molecule has 0 bridgehead atoms. The second-order valence-electron chi connectivity index (χ2n) is 6.60. The molecule has 2 amide bonds. The lowest BCUT2D eigenvalue weighted by Gasteiger charge is -2.21. The van der Waals surface area contributed by atoms with Gasteiger partial charge >= 0.3 is 5.97 Å². The number of ether oxygens (including phenoxy) is 4. The molecule has 1 heterocycles. The Morgan fingerprint density at radius 3 is 2.40 bits per heavy atom. The lowest BCUT2D eigenvalue weighted by atomic mass is 10.1. The predicted octanol–water partition coefficient (Wildman–Crippen LogP) is 1.96. The van der Waals surface area contributed by atoms with Crippen molar-refractivity contribution in [2.45, 2.75) is 0 Å². The molecule has 0 atom stereocenters. The van der Waals surface area contributed by atoms with E-state index in [0.29, 0.717) is 41.7 Å². The number of carbonyl (C=O) groups is 3. The summed E-state index contributed by atoms with van der Waals surface area (Å²) < 4.78 is 21.3. The zero-order valence-electron chi connectivity index (χ0n) is 16.9. The number of fused-ring (bicyclic) bond motifs is 1. The smallest absolute Gasteiger partial charge is 0.338 e. The first-order valence-corrected chi connectivity index (χ1v) is 9.15. The first kappa shape index (κ1) is 21.0. The summed E-state index contributed by atoms with van der Waals surface area (Å²) in [7, 11) is 4.76. The summed E-state index contributed by atoms with van der Waals surface area (Å²) >= 11 is 0. The van der Waals surface area contributed by atoms with Gasteiger partial charge in [-0.3, -0.25) is 9.59 Å². The minimum absolute atomic E-state index is 0.142. The van der Waals surface area contributed by atoms with Crippen molar-refractivity contribution in [2.24, 2.45) is 0 Å². The van der Waals surface area contributed by atoms with E-state index < -0.39 is 18.5 Å². The number of esters is 1. The van der Waals surface area contributed by atoms with Gasteiger partial charge in [-0.15, -0.1) is 0 Å². The topological polar surface area (TPSA) is 103 Å². The number of nitrogens with one attached hydrogen (secondary N) is 1. The van der Waals surface area contributed by atoms with Crippen molar-refractivity contribution in [1.82, 2.24) is 4.90 Å². The quantitative estimate of drug-likeness (QED) is 0.721. The van der Waals surface area contributed by atoms with Crippen LogP contribution >= 0.6 is 0 Å². The van der Waals surface area contributed by atoms with Crippen LogP contribution in [0.3, 0.4) is 0 Å². The molecule has 0 saturated carbocycles. The monoisotopic (exact) mass is 414 g/mol. The average molecular weight is 414 g/mol. The van der Waals surface area contributed by atoms with Crippen molar-refractivity contribution in [3.8, 4) is 17.2 Å². The van der Waals surface area contributed by atoms with Crippen LogP contribution in [0.25, 0.3) is 0 Å². The lowest BCUT2D eigenvalue weighted by Crippen LogP contribution is -2.22. The van der Waals surface area contributed by atoms with Crippen molar-refractivity contribution in [2.75, 3.05) is 46.3 Å². The second kappa shape index (κ2) is 9.17. The molecule has 0 fully saturated rings. The number of hydrogen-bond acceptors (Lipinski definition) is 7. The number of hydrogen-bond donors (Lipinski definition) is 1. The van der Waals surface area contributed by atoms with E-state index in [1.165, 1.54) is 24.1 Å². The predicted molar refractivity (Wildman–Crippen MR) is 107 cm³/mol. The standard InChI is InChI=1S/C21H22N2O7/c1-23(2)20(25)13-4-6-15(7-5-13)22-18(24)12-30-21(26)14-10-16(27-3)19-17(11-14)28-8-9-29-19/h4-7,10-11H,8-9,12H2,1-3H3,(H,22,24). The highest BCUT2D eigenvalue weighted by Gasteiger charge is 2.22. The van der Waals surface area contributed by atoms with E-state index in [0.717, 1.165) is 0 Å². The van der Waals surface area contributed by atoms with Gasteiger partial charge in [0.1, 0.15) is 13.2 Å². The molecule has 3 rings (SSSR count). The Bertz CT molecular complexity index is 937. The van der Waals surface area contributed by atoms with Crippen LogP contribution in [0, 0.1) is 0 Å². The number of carbonyl (C=O) groups excluding carboxylic acids is 3. The zero-order valence-corrected chi connectivity index (χ0v) is 16.9. The lowest BCUT2D eigenvalue weighted by molar-refractivity contribution is -0.119. The number of nitrogens with zero attached hydrogens (tertiary/aromatic N) is 1. The molecule has 2 aromatic carbocycles. The molecule has 1 N–H and O–H groups in total. The molecular weight excluding hydrogens is 392 g/mol. The van der Waals surface area contributed by atoms with E-state index in [1.807, 2.05) is 0 Å². The molecule has 0 radical (unpaired) electrons. The van der Waals surface area contributed by atoms with E-state index in [-0.39, 0.29) is 11.5 Å². The summed E-state index contributed by atoms with van der Waals surface area (Å²) in [5.41, 5.74) is 1.15. The minimum atomic E-state index is -0.702. The molecule has 0 unspecified atom stereocenters. The molecule has 9 nitrogen and oxygen atoms in total. The van der Waals surface area contributed by atoms with Crippen LogP contribution in [-0.4, -0.2) is 63.7 Å². The molecular formula is C21H22N2O7. The normalized spacial score (nSPS) is 12.0. The third kappa shape index (κ3) is 4.80. The summed E-state index contributed by atoms with van der Waals surface area (Å²) in [5.74, 6) is -0.210. The summed E-state index contributed by atoms with van der Waals surface area (Å²) in [4.78, 5) is 37.8. The highest BCUT2D eigenvalue weighted by Crippen LogP contribution is 2.40. The number of benzene rings is 2. The third-order valence-corrected chi connectivity index (χ3v) is 4.22. The summed E-state index contributed by atoms with van der Waals surface area (Å²) in [6, 6.07) is 9.35. The maximum atomic E-state index is 12.3. The van der Waals surface area contributed by atoms with E-state index >= 15 is 0 Å². The van der Waals surface area contributed by atoms with Crippen LogP contribution in [-0.2, 0) is 9.53 Å². The highest BCUT2D eigenvalue weighted by atomic mass is 16.6. The Hall–Kier alpha value is -3.75. The molecule has 1 aliphatic heterocycles. The van der Waals surface area contributed by atoms with Gasteiger partial charge in [-0.25, -0.2) is 4.79 Å². The van der Waals surface area contributed by atoms with Crippen molar-refractivity contribution in [3.05, 3.63) is 47.5 Å². The Morgan fingerprint density at radius 2 is 1.73 bits per heavy atom. The Kier molecular flexibility index (Phi) is 6.41. The van der Waals surface area contributed by atoms with Crippen LogP contribution < -0.4 is 19.5 Å². The minimum Gasteiger partial charge on any atom is -0.493 e. The first-order valence-electron chi connectivity index (χ1n) is 9.15. The van der Waals surface area contributed by atoms with Gasteiger partial charge in [0.25, 0.3) is 11.8 Å². The number of methoxy groups -OCH3 is 1. The molecule has 30 heavy (non-hydrogen) atoms. The molecule has 2 aromatic rings. The van der Waals surface area contributed by atoms with Crippen molar-refractivity contribution < 1.29 is 33.3 Å². The van der Waals surface area contributed by atoms with Crippen LogP contribution in [0.1, 0.15) is 20.7 Å². The van der Waals surface area contributed by atoms with Crippen LogP contribution in [0.5, 0.6) is 17.2 Å². The molecule has 1 aliphatic rings. The van der Waals surface area contributed by atoms with Gasteiger partial charge in [0.05, 0.1) is 12.7 Å². The fourth-order valence-electron chi connectivity index (χ4n) is 2.76. The van der Waals surface area contributed by atoms with E-state index in [4.69, 9.17) is 18.9 Å². The number of rotatable bonds is 6. The highest BCUT2D eigenvalue weighted by molar-refractivity contribution is 5.97. The fraction of sp³-hybridized carbons (Fsp3) is 0.286. The van der Waals surface area contributed by atoms with Crippen molar-refractivity contribution in [3.63, 3.8) is 0 Å². The van der Waals surface area contributed by atoms with Crippen molar-refractivity contribution >= 4 is 23.5 Å². The first-order chi connectivity index (χ1) is 14.4. The van der Waals surface area contributed by atoms with Gasteiger partial charge in [0.2, 0.25) is 5.75 Å². The molecule has 0 saturated heterocycles.